The molecular weight excluding hydrogens is 171 g/mol. The van der Waals surface area contributed by atoms with Crippen LogP contribution in [0.3, 0.4) is 0 Å². The van der Waals surface area contributed by atoms with Gasteiger partial charge < -0.3 is 14.9 Å². The van der Waals surface area contributed by atoms with Gasteiger partial charge in [-0.1, -0.05) is 0 Å². The predicted octanol–water partition coefficient (Wildman–Crippen LogP) is 0.461. The number of halogens is 1. The van der Waals surface area contributed by atoms with Crippen LogP contribution in [-0.2, 0) is 4.74 Å². The van der Waals surface area contributed by atoms with E-state index in [1.165, 1.54) is 0 Å². The Balaban J connectivity index is 2.48. The van der Waals surface area contributed by atoms with Crippen molar-refractivity contribution in [1.82, 2.24) is 0 Å². The van der Waals surface area contributed by atoms with E-state index in [4.69, 9.17) is 14.9 Å². The van der Waals surface area contributed by atoms with E-state index in [2.05, 4.69) is 0 Å². The zero-order valence-electron chi connectivity index (χ0n) is 6.11. The molecule has 0 saturated carbocycles. The lowest BCUT2D eigenvalue weighted by molar-refractivity contribution is -0.208. The summed E-state index contributed by atoms with van der Waals surface area (Å²) in [5.74, 6) is 0. The number of aliphatic hydroxyl groups excluding tert-OH is 2. The molecule has 1 rings (SSSR count). The van der Waals surface area contributed by atoms with E-state index >= 15 is 0 Å². The van der Waals surface area contributed by atoms with Gasteiger partial charge in [-0.15, -0.1) is 0 Å². The van der Waals surface area contributed by atoms with E-state index < -0.39 is 12.4 Å². The third-order valence-electron chi connectivity index (χ3n) is 1.80. The molecular formula is C6H11FO3S. The van der Waals surface area contributed by atoms with E-state index in [0.717, 1.165) is 0 Å². The summed E-state index contributed by atoms with van der Waals surface area (Å²) in [7, 11) is 0. The Bertz CT molecular complexity index is 135. The van der Waals surface area contributed by atoms with Crippen molar-refractivity contribution < 1.29 is 18.8 Å². The van der Waals surface area contributed by atoms with Crippen molar-refractivity contribution in [2.24, 2.45) is 0 Å². The molecule has 0 aromatic rings. The molecule has 1 fully saturated rings. The molecule has 0 aliphatic carbocycles. The van der Waals surface area contributed by atoms with Crippen LogP contribution in [-0.4, -0.2) is 34.0 Å². The van der Waals surface area contributed by atoms with E-state index in [0.29, 0.717) is 0 Å². The van der Waals surface area contributed by atoms with Crippen LogP contribution < -0.4 is 0 Å². The smallest absolute Gasteiger partial charge is 0.181 e. The third kappa shape index (κ3) is 2.05. The van der Waals surface area contributed by atoms with Gasteiger partial charge in [0, 0.05) is 0 Å². The molecule has 0 aromatic carbocycles. The minimum absolute atomic E-state index is 0.164. The second-order valence-corrected chi connectivity index (χ2v) is 3.45. The average molecular weight is 182 g/mol. The van der Waals surface area contributed by atoms with E-state index in [9.17, 15) is 3.89 Å². The van der Waals surface area contributed by atoms with Crippen LogP contribution in [0.4, 0.5) is 3.89 Å². The Morgan fingerprint density at radius 2 is 2.18 bits per heavy atom. The number of aliphatic hydroxyl groups is 2. The minimum Gasteiger partial charge on any atom is -0.388 e. The lowest BCUT2D eigenvalue weighted by atomic mass is 10.1. The Kier molecular flexibility index (Phi) is 3.12. The molecule has 5 heteroatoms. The summed E-state index contributed by atoms with van der Waals surface area (Å²) in [4.78, 5) is 0. The Morgan fingerprint density at radius 1 is 1.55 bits per heavy atom. The minimum atomic E-state index is -1.16. The molecule has 1 aliphatic rings. The molecule has 3 nitrogen and oxygen atoms in total. The summed E-state index contributed by atoms with van der Waals surface area (Å²) in [5, 5.41) is 17.6. The molecule has 1 heterocycles. The van der Waals surface area contributed by atoms with E-state index in [1.807, 2.05) is 0 Å². The number of hydrogen-bond acceptors (Lipinski definition) is 4. The maximum Gasteiger partial charge on any atom is 0.181 e. The summed E-state index contributed by atoms with van der Waals surface area (Å²) in [6.45, 7) is 1.67. The monoisotopic (exact) mass is 182 g/mol. The average Bonchev–Trinajstić information content (AvgIpc) is 1.97. The highest BCUT2D eigenvalue weighted by molar-refractivity contribution is 7.95. The van der Waals surface area contributed by atoms with Crippen molar-refractivity contribution >= 4 is 12.1 Å². The molecule has 0 amide bonds. The predicted molar refractivity (Wildman–Crippen MR) is 39.7 cm³/mol. The standard InChI is InChI=1S/C6H11FO3S/c1-3-5(11-7)2-4(8)6(9)10-3/h3-6,8-9H,2H2,1H3/t3-,4+,5?,6?/m0/s1. The lowest BCUT2D eigenvalue weighted by Crippen LogP contribution is -2.44. The van der Waals surface area contributed by atoms with Crippen molar-refractivity contribution in [1.29, 1.82) is 0 Å². The number of hydrogen-bond donors (Lipinski definition) is 2. The van der Waals surface area contributed by atoms with Crippen LogP contribution in [0, 0.1) is 0 Å². The van der Waals surface area contributed by atoms with Gasteiger partial charge in [0.2, 0.25) is 0 Å². The molecule has 0 radical (unpaired) electrons. The van der Waals surface area contributed by atoms with Crippen LogP contribution >= 0.6 is 12.1 Å². The lowest BCUT2D eigenvalue weighted by Gasteiger charge is -2.33. The van der Waals surface area contributed by atoms with Crippen molar-refractivity contribution in [3.8, 4) is 0 Å². The first-order chi connectivity index (χ1) is 5.15. The van der Waals surface area contributed by atoms with Gasteiger partial charge in [-0.25, -0.2) is 0 Å². The van der Waals surface area contributed by atoms with E-state index in [1.54, 1.807) is 6.92 Å². The van der Waals surface area contributed by atoms with Gasteiger partial charge in [0.1, 0.15) is 6.10 Å². The highest BCUT2D eigenvalue weighted by Gasteiger charge is 2.34. The van der Waals surface area contributed by atoms with Gasteiger partial charge in [-0.2, -0.15) is 3.89 Å². The van der Waals surface area contributed by atoms with Crippen molar-refractivity contribution in [2.75, 3.05) is 0 Å². The van der Waals surface area contributed by atoms with Crippen LogP contribution in [0.15, 0.2) is 0 Å². The molecule has 0 aromatic heterocycles. The van der Waals surface area contributed by atoms with Gasteiger partial charge in [-0.3, -0.25) is 0 Å². The molecule has 1 saturated heterocycles. The molecule has 2 N–H and O–H groups in total. The summed E-state index contributed by atoms with van der Waals surface area (Å²) in [6.07, 6.45) is -2.22. The van der Waals surface area contributed by atoms with Crippen molar-refractivity contribution in [2.45, 2.75) is 37.1 Å². The first kappa shape index (κ1) is 9.25. The van der Waals surface area contributed by atoms with Crippen LogP contribution in [0.25, 0.3) is 0 Å². The fourth-order valence-corrected chi connectivity index (χ4v) is 1.53. The zero-order valence-corrected chi connectivity index (χ0v) is 6.92. The largest absolute Gasteiger partial charge is 0.388 e. The van der Waals surface area contributed by atoms with Crippen LogP contribution in [0.1, 0.15) is 13.3 Å². The summed E-state index contributed by atoms with van der Waals surface area (Å²) < 4.78 is 16.9. The Labute approximate surface area is 68.8 Å². The number of ether oxygens (including phenoxy) is 1. The van der Waals surface area contributed by atoms with Gasteiger partial charge in [0.15, 0.2) is 6.29 Å². The maximum absolute atomic E-state index is 12.1. The van der Waals surface area contributed by atoms with Gasteiger partial charge in [0.25, 0.3) is 0 Å². The molecule has 0 spiro atoms. The highest BCUT2D eigenvalue weighted by Crippen LogP contribution is 2.28. The molecule has 0 bridgehead atoms. The highest BCUT2D eigenvalue weighted by atomic mass is 32.2. The van der Waals surface area contributed by atoms with Gasteiger partial charge in [0.05, 0.1) is 23.5 Å². The Hall–Kier alpha value is 0.160. The maximum atomic E-state index is 12.1. The van der Waals surface area contributed by atoms with Crippen molar-refractivity contribution in [3.63, 3.8) is 0 Å². The van der Waals surface area contributed by atoms with Crippen LogP contribution in [0.5, 0.6) is 0 Å². The normalized spacial score (nSPS) is 45.8. The zero-order chi connectivity index (χ0) is 8.43. The van der Waals surface area contributed by atoms with Gasteiger partial charge in [-0.05, 0) is 13.3 Å². The molecule has 11 heavy (non-hydrogen) atoms. The quantitative estimate of drug-likeness (QED) is 0.618. The second kappa shape index (κ2) is 3.71. The fourth-order valence-electron chi connectivity index (χ4n) is 1.05. The SMILES string of the molecule is C[C@@H]1OC(O)[C@H](O)CC1SF. The first-order valence-electron chi connectivity index (χ1n) is 3.44. The fraction of sp³-hybridized carbons (Fsp3) is 1.00. The Morgan fingerprint density at radius 3 is 2.73 bits per heavy atom. The summed E-state index contributed by atoms with van der Waals surface area (Å²) in [5.41, 5.74) is 0. The van der Waals surface area contributed by atoms with Gasteiger partial charge >= 0.3 is 0 Å². The summed E-state index contributed by atoms with van der Waals surface area (Å²) in [6, 6.07) is 0. The molecule has 66 valence electrons. The van der Waals surface area contributed by atoms with Crippen molar-refractivity contribution in [3.05, 3.63) is 0 Å². The number of rotatable bonds is 1. The topological polar surface area (TPSA) is 49.7 Å². The molecule has 1 aliphatic heterocycles. The van der Waals surface area contributed by atoms with E-state index in [-0.39, 0.29) is 29.9 Å². The second-order valence-electron chi connectivity index (χ2n) is 2.66. The van der Waals surface area contributed by atoms with Crippen LogP contribution in [0.2, 0.25) is 0 Å². The molecule has 2 unspecified atom stereocenters. The first-order valence-corrected chi connectivity index (χ1v) is 4.22. The third-order valence-corrected chi connectivity index (χ3v) is 2.60. The summed E-state index contributed by atoms with van der Waals surface area (Å²) >= 11 is 0.164. The molecule has 4 atom stereocenters.